The summed E-state index contributed by atoms with van der Waals surface area (Å²) >= 11 is 3.09. The SMILES string of the molecule is CC.CC(CCCCNC(=O)CCCCCSC1CC(=O)N(C)C1=O)CC(=O)CCCCCSC1CC(=O)N(C)C1=O. The zero-order valence-corrected chi connectivity index (χ0v) is 28.0. The van der Waals surface area contributed by atoms with Crippen molar-refractivity contribution >= 4 is 58.8 Å². The number of thioether (sulfide) groups is 2. The molecule has 0 aromatic carbocycles. The number of likely N-dealkylation sites (tertiary alicyclic amines) is 2. The summed E-state index contributed by atoms with van der Waals surface area (Å²) in [6.45, 7) is 6.77. The summed E-state index contributed by atoms with van der Waals surface area (Å²) in [5.41, 5.74) is 0. The minimum absolute atomic E-state index is 0.0724. The molecule has 2 aliphatic heterocycles. The molecule has 9 nitrogen and oxygen atoms in total. The van der Waals surface area contributed by atoms with E-state index in [1.54, 1.807) is 23.5 Å². The molecule has 2 fully saturated rings. The molecule has 0 saturated carbocycles. The lowest BCUT2D eigenvalue weighted by Gasteiger charge is -2.11. The molecule has 2 rings (SSSR count). The molecule has 0 radical (unpaired) electrons. The van der Waals surface area contributed by atoms with Crippen LogP contribution >= 0.6 is 23.5 Å². The van der Waals surface area contributed by atoms with Crippen molar-refractivity contribution in [1.82, 2.24) is 15.1 Å². The lowest BCUT2D eigenvalue weighted by Crippen LogP contribution is -2.26. The summed E-state index contributed by atoms with van der Waals surface area (Å²) in [6.07, 6.45) is 10.6. The second-order valence-electron chi connectivity index (χ2n) is 11.0. The van der Waals surface area contributed by atoms with E-state index in [0.29, 0.717) is 50.4 Å². The average molecular weight is 628 g/mol. The first-order valence-corrected chi connectivity index (χ1v) is 17.8. The first kappa shape index (κ1) is 38.1. The smallest absolute Gasteiger partial charge is 0.242 e. The number of rotatable bonds is 21. The van der Waals surface area contributed by atoms with Gasteiger partial charge in [0.1, 0.15) is 5.78 Å². The van der Waals surface area contributed by atoms with Crippen LogP contribution in [0.1, 0.15) is 111 Å². The van der Waals surface area contributed by atoms with Gasteiger partial charge in [0.15, 0.2) is 0 Å². The second kappa shape index (κ2) is 21.8. The highest BCUT2D eigenvalue weighted by Gasteiger charge is 2.36. The van der Waals surface area contributed by atoms with Gasteiger partial charge in [0.05, 0.1) is 10.5 Å². The minimum Gasteiger partial charge on any atom is -0.356 e. The predicted molar refractivity (Wildman–Crippen MR) is 171 cm³/mol. The monoisotopic (exact) mass is 627 g/mol. The van der Waals surface area contributed by atoms with Crippen LogP contribution in [0.5, 0.6) is 0 Å². The molecule has 240 valence electrons. The third kappa shape index (κ3) is 14.5. The summed E-state index contributed by atoms with van der Waals surface area (Å²) in [5, 5.41) is 2.50. The fourth-order valence-electron chi connectivity index (χ4n) is 4.85. The Morgan fingerprint density at radius 1 is 0.762 bits per heavy atom. The van der Waals surface area contributed by atoms with Crippen LogP contribution in [0.4, 0.5) is 0 Å². The molecule has 2 heterocycles. The Labute approximate surface area is 261 Å². The van der Waals surface area contributed by atoms with Gasteiger partial charge in [0.25, 0.3) is 0 Å². The van der Waals surface area contributed by atoms with Crippen LogP contribution in [-0.4, -0.2) is 87.8 Å². The van der Waals surface area contributed by atoms with Gasteiger partial charge in [-0.25, -0.2) is 0 Å². The highest BCUT2D eigenvalue weighted by Crippen LogP contribution is 2.26. The van der Waals surface area contributed by atoms with Crippen LogP contribution < -0.4 is 5.32 Å². The van der Waals surface area contributed by atoms with E-state index in [0.717, 1.165) is 69.3 Å². The van der Waals surface area contributed by atoms with Gasteiger partial charge in [0, 0.05) is 52.7 Å². The summed E-state index contributed by atoms with van der Waals surface area (Å²) in [5.74, 6) is 1.99. The lowest BCUT2D eigenvalue weighted by molar-refractivity contribution is -0.138. The van der Waals surface area contributed by atoms with E-state index in [9.17, 15) is 28.8 Å². The van der Waals surface area contributed by atoms with Crippen LogP contribution in [-0.2, 0) is 28.8 Å². The maximum Gasteiger partial charge on any atom is 0.242 e. The number of unbranched alkanes of at least 4 members (excludes halogenated alkanes) is 5. The highest BCUT2D eigenvalue weighted by molar-refractivity contribution is 8.00. The molecule has 3 atom stereocenters. The van der Waals surface area contributed by atoms with Gasteiger partial charge in [-0.2, -0.15) is 0 Å². The van der Waals surface area contributed by atoms with Gasteiger partial charge >= 0.3 is 0 Å². The lowest BCUT2D eigenvalue weighted by atomic mass is 9.96. The Hall–Kier alpha value is -1.88. The number of Topliss-reactive ketones (excluding diaryl/α,β-unsaturated/α-hetero) is 1. The third-order valence-corrected chi connectivity index (χ3v) is 10.1. The summed E-state index contributed by atoms with van der Waals surface area (Å²) in [4.78, 5) is 73.6. The van der Waals surface area contributed by atoms with E-state index in [4.69, 9.17) is 0 Å². The summed E-state index contributed by atoms with van der Waals surface area (Å²) < 4.78 is 0. The Kier molecular flexibility index (Phi) is 19.8. The van der Waals surface area contributed by atoms with E-state index in [-0.39, 0.29) is 40.0 Å². The number of hydrogen-bond donors (Lipinski definition) is 1. The summed E-state index contributed by atoms with van der Waals surface area (Å²) in [7, 11) is 3.07. The zero-order valence-electron chi connectivity index (χ0n) is 26.4. The van der Waals surface area contributed by atoms with Crippen LogP contribution in [0, 0.1) is 5.92 Å². The number of amides is 5. The van der Waals surface area contributed by atoms with Crippen molar-refractivity contribution in [1.29, 1.82) is 0 Å². The number of hydrogen-bond acceptors (Lipinski definition) is 8. The Morgan fingerprint density at radius 3 is 1.74 bits per heavy atom. The number of carbonyl (C=O) groups excluding carboxylic acids is 6. The maximum absolute atomic E-state index is 12.3. The molecule has 11 heteroatoms. The van der Waals surface area contributed by atoms with Crippen molar-refractivity contribution in [3.05, 3.63) is 0 Å². The van der Waals surface area contributed by atoms with Gasteiger partial charge in [-0.1, -0.05) is 46.5 Å². The van der Waals surface area contributed by atoms with E-state index in [1.165, 1.54) is 23.9 Å². The number of nitrogens with zero attached hydrogens (tertiary/aromatic N) is 2. The van der Waals surface area contributed by atoms with Gasteiger partial charge in [0.2, 0.25) is 29.5 Å². The fraction of sp³-hybridized carbons (Fsp3) is 0.806. The number of imide groups is 2. The van der Waals surface area contributed by atoms with Crippen molar-refractivity contribution in [2.45, 2.75) is 121 Å². The highest BCUT2D eigenvalue weighted by atomic mass is 32.2. The van der Waals surface area contributed by atoms with Crippen LogP contribution in [0.3, 0.4) is 0 Å². The Balaban J connectivity index is 0.00000431. The molecule has 0 aromatic rings. The number of carbonyl (C=O) groups is 6. The molecule has 0 aromatic heterocycles. The quantitative estimate of drug-likeness (QED) is 0.140. The molecular formula is C31H53N3O6S2. The molecular weight excluding hydrogens is 574 g/mol. The molecule has 0 bridgehead atoms. The predicted octanol–water partition coefficient (Wildman–Crippen LogP) is 5.00. The third-order valence-electron chi connectivity index (χ3n) is 7.49. The van der Waals surface area contributed by atoms with Crippen molar-refractivity contribution in [3.63, 3.8) is 0 Å². The maximum atomic E-state index is 12.3. The van der Waals surface area contributed by atoms with Gasteiger partial charge in [-0.3, -0.25) is 38.6 Å². The normalized spacial score (nSPS) is 19.3. The van der Waals surface area contributed by atoms with Crippen LogP contribution in [0.2, 0.25) is 0 Å². The molecule has 2 saturated heterocycles. The molecule has 3 unspecified atom stereocenters. The molecule has 5 amide bonds. The van der Waals surface area contributed by atoms with Crippen molar-refractivity contribution in [3.8, 4) is 0 Å². The van der Waals surface area contributed by atoms with E-state index < -0.39 is 0 Å². The van der Waals surface area contributed by atoms with Crippen LogP contribution in [0.25, 0.3) is 0 Å². The molecule has 1 N–H and O–H groups in total. The molecule has 0 aliphatic carbocycles. The minimum atomic E-state index is -0.241. The van der Waals surface area contributed by atoms with E-state index in [2.05, 4.69) is 12.2 Å². The van der Waals surface area contributed by atoms with Gasteiger partial charge in [-0.05, 0) is 49.5 Å². The van der Waals surface area contributed by atoms with Gasteiger partial charge in [-0.15, -0.1) is 23.5 Å². The second-order valence-corrected chi connectivity index (χ2v) is 13.6. The van der Waals surface area contributed by atoms with Crippen molar-refractivity contribution in [2.24, 2.45) is 5.92 Å². The topological polar surface area (TPSA) is 121 Å². The van der Waals surface area contributed by atoms with E-state index >= 15 is 0 Å². The molecule has 42 heavy (non-hydrogen) atoms. The largest absolute Gasteiger partial charge is 0.356 e. The first-order valence-electron chi connectivity index (χ1n) is 15.7. The molecule has 2 aliphatic rings. The zero-order chi connectivity index (χ0) is 31.5. The first-order chi connectivity index (χ1) is 20.1. The van der Waals surface area contributed by atoms with Crippen LogP contribution in [0.15, 0.2) is 0 Å². The van der Waals surface area contributed by atoms with Crippen molar-refractivity contribution in [2.75, 3.05) is 32.1 Å². The Bertz CT molecular complexity index is 900. The number of nitrogens with one attached hydrogen (secondary N) is 1. The standard InChI is InChI=1S/C29H47N3O6S2.C2H6/c1-21(18-22(33)13-6-4-10-16-39-23-19-26(35)31(2)28(23)37)12-8-9-15-30-25(34)14-7-5-11-17-40-24-20-27(36)32(3)29(24)38;1-2/h21,23-24H,4-20H2,1-3H3,(H,30,34);1-2H3. The number of ketones is 1. The fourth-order valence-corrected chi connectivity index (χ4v) is 7.28. The van der Waals surface area contributed by atoms with E-state index in [1.807, 2.05) is 13.8 Å². The average Bonchev–Trinajstić information content (AvgIpc) is 3.36. The Morgan fingerprint density at radius 2 is 1.26 bits per heavy atom. The molecule has 0 spiro atoms. The summed E-state index contributed by atoms with van der Waals surface area (Å²) in [6, 6.07) is 0. The van der Waals surface area contributed by atoms with Crippen molar-refractivity contribution < 1.29 is 28.8 Å². The van der Waals surface area contributed by atoms with Gasteiger partial charge < -0.3 is 5.32 Å².